The summed E-state index contributed by atoms with van der Waals surface area (Å²) in [6, 6.07) is 10.5. The van der Waals surface area contributed by atoms with Gasteiger partial charge in [-0.05, 0) is 61.2 Å². The fourth-order valence-electron chi connectivity index (χ4n) is 2.33. The maximum Gasteiger partial charge on any atom is 0.255 e. The molecule has 0 unspecified atom stereocenters. The van der Waals surface area contributed by atoms with Gasteiger partial charge in [-0.1, -0.05) is 19.1 Å². The summed E-state index contributed by atoms with van der Waals surface area (Å²) >= 11 is 0. The van der Waals surface area contributed by atoms with Gasteiger partial charge in [0.15, 0.2) is 0 Å². The number of nitrogens with two attached hydrogens (primary N) is 1. The lowest BCUT2D eigenvalue weighted by Gasteiger charge is -2.11. The third-order valence-electron chi connectivity index (χ3n) is 3.78. The third-order valence-corrected chi connectivity index (χ3v) is 4.82. The molecule has 0 saturated carbocycles. The van der Waals surface area contributed by atoms with Crippen LogP contribution in [-0.4, -0.2) is 14.3 Å². The highest BCUT2D eigenvalue weighted by molar-refractivity contribution is 7.89. The quantitative estimate of drug-likeness (QED) is 0.902. The van der Waals surface area contributed by atoms with Gasteiger partial charge in [0, 0.05) is 11.3 Å². The summed E-state index contributed by atoms with van der Waals surface area (Å²) in [6.45, 7) is 5.45. The van der Waals surface area contributed by atoms with Gasteiger partial charge >= 0.3 is 0 Å². The molecule has 0 fully saturated rings. The molecule has 23 heavy (non-hydrogen) atoms. The second-order valence-electron chi connectivity index (χ2n) is 5.47. The van der Waals surface area contributed by atoms with Gasteiger partial charge in [0.1, 0.15) is 0 Å². The van der Waals surface area contributed by atoms with E-state index in [1.165, 1.54) is 6.07 Å². The Morgan fingerprint density at radius 2 is 1.87 bits per heavy atom. The number of rotatable bonds is 4. The van der Waals surface area contributed by atoms with Crippen LogP contribution in [0.4, 0.5) is 5.69 Å². The van der Waals surface area contributed by atoms with Crippen molar-refractivity contribution in [1.82, 2.24) is 0 Å². The van der Waals surface area contributed by atoms with E-state index < -0.39 is 10.0 Å². The average molecular weight is 332 g/mol. The maximum absolute atomic E-state index is 12.4. The van der Waals surface area contributed by atoms with Crippen LogP contribution in [0, 0.1) is 13.8 Å². The Hall–Kier alpha value is -2.18. The van der Waals surface area contributed by atoms with Crippen molar-refractivity contribution >= 4 is 21.6 Å². The fraction of sp³-hybridized carbons (Fsp3) is 0.235. The predicted octanol–water partition coefficient (Wildman–Crippen LogP) is 2.77. The summed E-state index contributed by atoms with van der Waals surface area (Å²) < 4.78 is 23.3. The summed E-state index contributed by atoms with van der Waals surface area (Å²) in [7, 11) is -3.88. The number of hydrogen-bond acceptors (Lipinski definition) is 3. The lowest BCUT2D eigenvalue weighted by Crippen LogP contribution is -2.18. The number of aryl methyl sites for hydroxylation is 2. The number of anilines is 1. The zero-order valence-electron chi connectivity index (χ0n) is 13.4. The average Bonchev–Trinajstić information content (AvgIpc) is 2.48. The zero-order chi connectivity index (χ0) is 17.2. The number of carbonyl (C=O) groups excluding carboxylic acids is 1. The molecule has 0 aliphatic carbocycles. The van der Waals surface area contributed by atoms with Crippen LogP contribution in [0.15, 0.2) is 41.3 Å². The first-order valence-corrected chi connectivity index (χ1v) is 8.81. The van der Waals surface area contributed by atoms with E-state index in [0.29, 0.717) is 16.8 Å². The lowest BCUT2D eigenvalue weighted by molar-refractivity contribution is 0.102. The Kier molecular flexibility index (Phi) is 4.87. The third kappa shape index (κ3) is 3.97. The Labute approximate surface area is 136 Å². The predicted molar refractivity (Wildman–Crippen MR) is 91.1 cm³/mol. The van der Waals surface area contributed by atoms with E-state index in [2.05, 4.69) is 5.32 Å². The fourth-order valence-corrected chi connectivity index (χ4v) is 3.20. The molecule has 0 saturated heterocycles. The molecular weight excluding hydrogens is 312 g/mol. The first-order chi connectivity index (χ1) is 10.7. The van der Waals surface area contributed by atoms with Crippen molar-refractivity contribution in [2.75, 3.05) is 5.32 Å². The molecule has 122 valence electrons. The Morgan fingerprint density at radius 3 is 2.48 bits per heavy atom. The molecule has 0 spiro atoms. The standard InChI is InChI=1S/C17H20N2O3S/c1-4-13-6-5-7-15(9-13)19-17(20)14-8-11(2)12(3)16(10-14)23(18,21)22/h5-10H,4H2,1-3H3,(H,19,20)(H2,18,21,22). The van der Waals surface area contributed by atoms with Crippen LogP contribution in [0.3, 0.4) is 0 Å². The van der Waals surface area contributed by atoms with Crippen molar-refractivity contribution in [2.24, 2.45) is 5.14 Å². The van der Waals surface area contributed by atoms with Crippen molar-refractivity contribution in [1.29, 1.82) is 0 Å². The second-order valence-corrected chi connectivity index (χ2v) is 7.00. The Balaban J connectivity index is 2.38. The normalized spacial score (nSPS) is 11.3. The SMILES string of the molecule is CCc1cccc(NC(=O)c2cc(C)c(C)c(S(N)(=O)=O)c2)c1. The highest BCUT2D eigenvalue weighted by atomic mass is 32.2. The molecule has 3 N–H and O–H groups in total. The lowest BCUT2D eigenvalue weighted by atomic mass is 10.1. The summed E-state index contributed by atoms with van der Waals surface area (Å²) in [4.78, 5) is 12.4. The van der Waals surface area contributed by atoms with E-state index in [-0.39, 0.29) is 16.4 Å². The number of amides is 1. The van der Waals surface area contributed by atoms with Gasteiger partial charge in [0.2, 0.25) is 10.0 Å². The van der Waals surface area contributed by atoms with E-state index >= 15 is 0 Å². The summed E-state index contributed by atoms with van der Waals surface area (Å²) in [6.07, 6.45) is 0.864. The van der Waals surface area contributed by atoms with Crippen molar-refractivity contribution in [3.05, 3.63) is 58.7 Å². The molecular formula is C17H20N2O3S. The van der Waals surface area contributed by atoms with Crippen LogP contribution >= 0.6 is 0 Å². The molecule has 0 heterocycles. The molecule has 0 radical (unpaired) electrons. The van der Waals surface area contributed by atoms with E-state index in [1.54, 1.807) is 26.0 Å². The van der Waals surface area contributed by atoms with Gasteiger partial charge in [-0.15, -0.1) is 0 Å². The number of hydrogen-bond donors (Lipinski definition) is 2. The maximum atomic E-state index is 12.4. The highest BCUT2D eigenvalue weighted by Gasteiger charge is 2.17. The number of primary sulfonamides is 1. The van der Waals surface area contributed by atoms with Crippen LogP contribution in [0.25, 0.3) is 0 Å². The van der Waals surface area contributed by atoms with Gasteiger partial charge in [-0.3, -0.25) is 4.79 Å². The minimum Gasteiger partial charge on any atom is -0.322 e. The molecule has 0 aromatic heterocycles. The first-order valence-electron chi connectivity index (χ1n) is 7.26. The monoisotopic (exact) mass is 332 g/mol. The van der Waals surface area contributed by atoms with Crippen molar-refractivity contribution in [2.45, 2.75) is 32.1 Å². The second kappa shape index (κ2) is 6.52. The van der Waals surface area contributed by atoms with Gasteiger partial charge in [0.25, 0.3) is 5.91 Å². The molecule has 6 heteroatoms. The largest absolute Gasteiger partial charge is 0.322 e. The smallest absolute Gasteiger partial charge is 0.255 e. The van der Waals surface area contributed by atoms with Gasteiger partial charge in [0.05, 0.1) is 4.90 Å². The highest BCUT2D eigenvalue weighted by Crippen LogP contribution is 2.21. The number of benzene rings is 2. The van der Waals surface area contributed by atoms with Crippen LogP contribution in [0.2, 0.25) is 0 Å². The van der Waals surface area contributed by atoms with Crippen molar-refractivity contribution in [3.63, 3.8) is 0 Å². The molecule has 0 aliphatic rings. The summed E-state index contributed by atoms with van der Waals surface area (Å²) in [5.74, 6) is -0.369. The first kappa shape index (κ1) is 17.2. The molecule has 2 aromatic rings. The van der Waals surface area contributed by atoms with Crippen molar-refractivity contribution in [3.8, 4) is 0 Å². The molecule has 5 nitrogen and oxygen atoms in total. The Bertz CT molecular complexity index is 858. The van der Waals surface area contributed by atoms with Crippen molar-refractivity contribution < 1.29 is 13.2 Å². The van der Waals surface area contributed by atoms with Gasteiger partial charge in [-0.25, -0.2) is 13.6 Å². The van der Waals surface area contributed by atoms with Gasteiger partial charge in [-0.2, -0.15) is 0 Å². The molecule has 2 aromatic carbocycles. The van der Waals surface area contributed by atoms with Gasteiger partial charge < -0.3 is 5.32 Å². The van der Waals surface area contributed by atoms with Crippen LogP contribution in [-0.2, 0) is 16.4 Å². The molecule has 0 atom stereocenters. The molecule has 2 rings (SSSR count). The van der Waals surface area contributed by atoms with Crippen LogP contribution < -0.4 is 10.5 Å². The van der Waals surface area contributed by atoms with E-state index in [9.17, 15) is 13.2 Å². The zero-order valence-corrected chi connectivity index (χ0v) is 14.2. The van der Waals surface area contributed by atoms with E-state index in [0.717, 1.165) is 12.0 Å². The van der Waals surface area contributed by atoms with Crippen LogP contribution in [0.5, 0.6) is 0 Å². The van der Waals surface area contributed by atoms with Crippen LogP contribution in [0.1, 0.15) is 34.0 Å². The number of sulfonamides is 1. The van der Waals surface area contributed by atoms with E-state index in [1.807, 2.05) is 25.1 Å². The summed E-state index contributed by atoms with van der Waals surface area (Å²) in [5.41, 5.74) is 3.29. The number of nitrogens with one attached hydrogen (secondary N) is 1. The molecule has 1 amide bonds. The number of carbonyl (C=O) groups is 1. The molecule has 0 aliphatic heterocycles. The minimum absolute atomic E-state index is 0.0232. The van der Waals surface area contributed by atoms with E-state index in [4.69, 9.17) is 5.14 Å². The minimum atomic E-state index is -3.88. The summed E-state index contributed by atoms with van der Waals surface area (Å²) in [5, 5.41) is 8.01. The molecule has 0 bridgehead atoms. The Morgan fingerprint density at radius 1 is 1.17 bits per heavy atom. The topological polar surface area (TPSA) is 89.3 Å².